The molecule has 1 N–H and O–H groups in total. The second-order valence-electron chi connectivity index (χ2n) is 4.20. The van der Waals surface area contributed by atoms with Crippen LogP contribution in [0.2, 0.25) is 10.0 Å². The lowest BCUT2D eigenvalue weighted by molar-refractivity contribution is 0.0950. The molecule has 0 atom stereocenters. The van der Waals surface area contributed by atoms with Crippen LogP contribution in [0.1, 0.15) is 21.5 Å². The summed E-state index contributed by atoms with van der Waals surface area (Å²) < 4.78 is 13.7. The molecule has 106 valence electrons. The van der Waals surface area contributed by atoms with E-state index in [1.165, 1.54) is 18.2 Å². The summed E-state index contributed by atoms with van der Waals surface area (Å²) in [6.07, 6.45) is 0. The molecule has 0 unspecified atom stereocenters. The second-order valence-corrected chi connectivity index (χ2v) is 4.99. The Bertz CT molecular complexity index is 741. The Kier molecular flexibility index (Phi) is 4.79. The Labute approximate surface area is 130 Å². The van der Waals surface area contributed by atoms with E-state index in [1.54, 1.807) is 12.1 Å². The highest BCUT2D eigenvalue weighted by Crippen LogP contribution is 2.25. The SMILES string of the molecule is N#Cc1ccc(CNC(=O)c2cccc(Cl)c2Cl)c(F)c1. The van der Waals surface area contributed by atoms with Crippen LogP contribution in [0.5, 0.6) is 0 Å². The minimum atomic E-state index is -0.549. The highest BCUT2D eigenvalue weighted by Gasteiger charge is 2.13. The van der Waals surface area contributed by atoms with E-state index in [2.05, 4.69) is 5.32 Å². The molecule has 2 aromatic carbocycles. The fourth-order valence-corrected chi connectivity index (χ4v) is 2.10. The fourth-order valence-electron chi connectivity index (χ4n) is 1.71. The Morgan fingerprint density at radius 2 is 2.05 bits per heavy atom. The zero-order chi connectivity index (χ0) is 15.4. The van der Waals surface area contributed by atoms with Gasteiger partial charge in [0.25, 0.3) is 5.91 Å². The van der Waals surface area contributed by atoms with Crippen molar-refractivity contribution in [3.8, 4) is 6.07 Å². The normalized spacial score (nSPS) is 10.0. The van der Waals surface area contributed by atoms with E-state index in [0.29, 0.717) is 0 Å². The predicted molar refractivity (Wildman–Crippen MR) is 78.7 cm³/mol. The van der Waals surface area contributed by atoms with Crippen LogP contribution in [0.4, 0.5) is 4.39 Å². The molecule has 0 aliphatic heterocycles. The molecule has 0 heterocycles. The molecule has 1 amide bonds. The smallest absolute Gasteiger partial charge is 0.253 e. The topological polar surface area (TPSA) is 52.9 Å². The Hall–Kier alpha value is -2.09. The summed E-state index contributed by atoms with van der Waals surface area (Å²) >= 11 is 11.8. The molecular formula is C15H9Cl2FN2O. The molecule has 0 saturated heterocycles. The Morgan fingerprint density at radius 1 is 1.29 bits per heavy atom. The average Bonchev–Trinajstić information content (AvgIpc) is 2.48. The van der Waals surface area contributed by atoms with Crippen LogP contribution in [-0.4, -0.2) is 5.91 Å². The molecule has 21 heavy (non-hydrogen) atoms. The standard InChI is InChI=1S/C15H9Cl2FN2O/c16-12-3-1-2-11(14(12)17)15(21)20-8-10-5-4-9(7-19)6-13(10)18/h1-6H,8H2,(H,20,21). The van der Waals surface area contributed by atoms with Gasteiger partial charge >= 0.3 is 0 Å². The third kappa shape index (κ3) is 3.52. The van der Waals surface area contributed by atoms with Gasteiger partial charge in [-0.05, 0) is 24.3 Å². The first-order chi connectivity index (χ1) is 10.0. The zero-order valence-electron chi connectivity index (χ0n) is 10.7. The third-order valence-electron chi connectivity index (χ3n) is 2.82. The molecular weight excluding hydrogens is 314 g/mol. The maximum atomic E-state index is 13.7. The number of hydrogen-bond acceptors (Lipinski definition) is 2. The molecule has 0 spiro atoms. The van der Waals surface area contributed by atoms with Crippen LogP contribution in [0.25, 0.3) is 0 Å². The molecule has 0 saturated carbocycles. The molecule has 0 bridgehead atoms. The summed E-state index contributed by atoms with van der Waals surface area (Å²) in [7, 11) is 0. The predicted octanol–water partition coefficient (Wildman–Crippen LogP) is 3.93. The number of rotatable bonds is 3. The van der Waals surface area contributed by atoms with E-state index < -0.39 is 11.7 Å². The fraction of sp³-hybridized carbons (Fsp3) is 0.0667. The van der Waals surface area contributed by atoms with Gasteiger partial charge in [-0.15, -0.1) is 0 Å². The van der Waals surface area contributed by atoms with Crippen molar-refractivity contribution < 1.29 is 9.18 Å². The first kappa shape index (κ1) is 15.3. The Morgan fingerprint density at radius 3 is 2.71 bits per heavy atom. The van der Waals surface area contributed by atoms with Gasteiger partial charge in [0.1, 0.15) is 5.82 Å². The molecule has 0 radical (unpaired) electrons. The van der Waals surface area contributed by atoms with Gasteiger partial charge in [-0.3, -0.25) is 4.79 Å². The highest BCUT2D eigenvalue weighted by molar-refractivity contribution is 6.43. The summed E-state index contributed by atoms with van der Waals surface area (Å²) in [6, 6.07) is 10.6. The van der Waals surface area contributed by atoms with Crippen molar-refractivity contribution in [2.75, 3.05) is 0 Å². The maximum absolute atomic E-state index is 13.7. The van der Waals surface area contributed by atoms with Crippen molar-refractivity contribution in [3.63, 3.8) is 0 Å². The van der Waals surface area contributed by atoms with Crippen LogP contribution < -0.4 is 5.32 Å². The number of halogens is 3. The van der Waals surface area contributed by atoms with E-state index >= 15 is 0 Å². The van der Waals surface area contributed by atoms with Crippen LogP contribution in [-0.2, 0) is 6.54 Å². The van der Waals surface area contributed by atoms with Crippen LogP contribution in [0.15, 0.2) is 36.4 Å². The lowest BCUT2D eigenvalue weighted by Crippen LogP contribution is -2.23. The van der Waals surface area contributed by atoms with Gasteiger partial charge in [0.15, 0.2) is 0 Å². The largest absolute Gasteiger partial charge is 0.348 e. The number of hydrogen-bond donors (Lipinski definition) is 1. The second kappa shape index (κ2) is 6.57. The molecule has 0 aliphatic rings. The van der Waals surface area contributed by atoms with Gasteiger partial charge in [0.05, 0.1) is 27.2 Å². The summed E-state index contributed by atoms with van der Waals surface area (Å²) in [4.78, 5) is 12.0. The zero-order valence-corrected chi connectivity index (χ0v) is 12.2. The van der Waals surface area contributed by atoms with E-state index in [-0.39, 0.29) is 33.3 Å². The van der Waals surface area contributed by atoms with Gasteiger partial charge in [-0.2, -0.15) is 5.26 Å². The van der Waals surface area contributed by atoms with E-state index in [0.717, 1.165) is 6.07 Å². The average molecular weight is 323 g/mol. The first-order valence-electron chi connectivity index (χ1n) is 5.93. The van der Waals surface area contributed by atoms with Crippen molar-refractivity contribution in [1.82, 2.24) is 5.32 Å². The number of nitriles is 1. The number of benzene rings is 2. The van der Waals surface area contributed by atoms with E-state index in [9.17, 15) is 9.18 Å². The summed E-state index contributed by atoms with van der Waals surface area (Å²) in [6.45, 7) is -0.0147. The number of amides is 1. The Balaban J connectivity index is 2.11. The maximum Gasteiger partial charge on any atom is 0.253 e. The molecule has 2 rings (SSSR count). The minimum absolute atomic E-state index is 0.0147. The monoisotopic (exact) mass is 322 g/mol. The van der Waals surface area contributed by atoms with Gasteiger partial charge in [-0.1, -0.05) is 35.3 Å². The molecule has 0 fully saturated rings. The van der Waals surface area contributed by atoms with Crippen LogP contribution in [0.3, 0.4) is 0 Å². The van der Waals surface area contributed by atoms with Crippen molar-refractivity contribution in [2.45, 2.75) is 6.54 Å². The van der Waals surface area contributed by atoms with Gasteiger partial charge in [0, 0.05) is 12.1 Å². The van der Waals surface area contributed by atoms with Crippen LogP contribution >= 0.6 is 23.2 Å². The number of carbonyl (C=O) groups is 1. The molecule has 6 heteroatoms. The van der Waals surface area contributed by atoms with Gasteiger partial charge in [-0.25, -0.2) is 4.39 Å². The van der Waals surface area contributed by atoms with Crippen molar-refractivity contribution >= 4 is 29.1 Å². The molecule has 3 nitrogen and oxygen atoms in total. The summed E-state index contributed by atoms with van der Waals surface area (Å²) in [5.74, 6) is -1.00. The number of carbonyl (C=O) groups excluding carboxylic acids is 1. The minimum Gasteiger partial charge on any atom is -0.348 e. The first-order valence-corrected chi connectivity index (χ1v) is 6.69. The van der Waals surface area contributed by atoms with E-state index in [4.69, 9.17) is 28.5 Å². The molecule has 2 aromatic rings. The van der Waals surface area contributed by atoms with Crippen molar-refractivity contribution in [2.24, 2.45) is 0 Å². The highest BCUT2D eigenvalue weighted by atomic mass is 35.5. The van der Waals surface area contributed by atoms with E-state index in [1.807, 2.05) is 6.07 Å². The number of nitrogens with zero attached hydrogens (tertiary/aromatic N) is 1. The third-order valence-corrected chi connectivity index (χ3v) is 3.64. The van der Waals surface area contributed by atoms with Gasteiger partial charge < -0.3 is 5.32 Å². The summed E-state index contributed by atoms with van der Waals surface area (Å²) in [5.41, 5.74) is 0.721. The van der Waals surface area contributed by atoms with Crippen molar-refractivity contribution in [1.29, 1.82) is 5.26 Å². The van der Waals surface area contributed by atoms with Crippen LogP contribution in [0, 0.1) is 17.1 Å². The lowest BCUT2D eigenvalue weighted by Gasteiger charge is -2.08. The van der Waals surface area contributed by atoms with Gasteiger partial charge in [0.2, 0.25) is 0 Å². The number of nitrogens with one attached hydrogen (secondary N) is 1. The summed E-state index contributed by atoms with van der Waals surface area (Å²) in [5, 5.41) is 11.6. The quantitative estimate of drug-likeness (QED) is 0.930. The molecule has 0 aliphatic carbocycles. The molecule has 0 aromatic heterocycles. The van der Waals surface area contributed by atoms with Crippen molar-refractivity contribution in [3.05, 3.63) is 69.0 Å². The lowest BCUT2D eigenvalue weighted by atomic mass is 10.1.